The summed E-state index contributed by atoms with van der Waals surface area (Å²) in [5.41, 5.74) is 0.822. The third-order valence-corrected chi connectivity index (χ3v) is 3.69. The number of amides is 1. The van der Waals surface area contributed by atoms with Crippen LogP contribution < -0.4 is 15.4 Å². The van der Waals surface area contributed by atoms with E-state index in [1.807, 2.05) is 0 Å². The van der Waals surface area contributed by atoms with Crippen molar-refractivity contribution in [2.45, 2.75) is 0 Å². The Morgan fingerprint density at radius 1 is 1.31 bits per heavy atom. The van der Waals surface area contributed by atoms with Gasteiger partial charge in [0.15, 0.2) is 0 Å². The Balaban J connectivity index is 1.66. The minimum atomic E-state index is -0.312. The number of hydrogen-bond acceptors (Lipinski definition) is 8. The molecule has 0 spiro atoms. The molecule has 0 aliphatic rings. The van der Waals surface area contributed by atoms with E-state index in [2.05, 4.69) is 36.1 Å². The second kappa shape index (κ2) is 8.21. The second-order valence-electron chi connectivity index (χ2n) is 5.03. The van der Waals surface area contributed by atoms with Crippen molar-refractivity contribution in [3.05, 3.63) is 47.6 Å². The average Bonchev–Trinajstić information content (AvgIpc) is 3.20. The number of halogens is 1. The predicted octanol–water partition coefficient (Wildman–Crippen LogP) is 0.956. The molecule has 3 rings (SSSR count). The van der Waals surface area contributed by atoms with E-state index in [1.54, 1.807) is 24.7 Å². The molecule has 2 N–H and O–H groups in total. The monoisotopic (exact) mass is 374 g/mol. The van der Waals surface area contributed by atoms with E-state index in [9.17, 15) is 4.79 Å². The molecule has 134 valence electrons. The summed E-state index contributed by atoms with van der Waals surface area (Å²) in [4.78, 5) is 20.5. The van der Waals surface area contributed by atoms with Crippen LogP contribution in [0.5, 0.6) is 5.75 Å². The number of ether oxygens (including phenoxy) is 1. The van der Waals surface area contributed by atoms with Gasteiger partial charge in [0.05, 0.1) is 29.6 Å². The van der Waals surface area contributed by atoms with Crippen LogP contribution in [0.15, 0.2) is 37.1 Å². The summed E-state index contributed by atoms with van der Waals surface area (Å²) in [6.45, 7) is 0.869. The molecular weight excluding hydrogens is 360 g/mol. The number of hydrogen-bond donors (Lipinski definition) is 2. The molecule has 0 fully saturated rings. The Hall–Kier alpha value is -3.27. The lowest BCUT2D eigenvalue weighted by atomic mass is 10.1. The van der Waals surface area contributed by atoms with Gasteiger partial charge in [0, 0.05) is 31.5 Å². The fourth-order valence-electron chi connectivity index (χ4n) is 2.19. The number of carbonyl (C=O) groups excluding carboxylic acids is 1. The summed E-state index contributed by atoms with van der Waals surface area (Å²) in [5, 5.41) is 17.1. The number of tetrazole rings is 1. The van der Waals surface area contributed by atoms with Gasteiger partial charge >= 0.3 is 0 Å². The number of nitrogens with one attached hydrogen (secondary N) is 2. The Morgan fingerprint density at radius 2 is 2.19 bits per heavy atom. The van der Waals surface area contributed by atoms with E-state index in [4.69, 9.17) is 16.3 Å². The molecule has 11 heteroatoms. The van der Waals surface area contributed by atoms with Gasteiger partial charge in [0.25, 0.3) is 5.91 Å². The van der Waals surface area contributed by atoms with Gasteiger partial charge in [-0.3, -0.25) is 9.78 Å². The van der Waals surface area contributed by atoms with Crippen molar-refractivity contribution in [1.82, 2.24) is 35.5 Å². The van der Waals surface area contributed by atoms with Crippen LogP contribution in [0.3, 0.4) is 0 Å². The Kier molecular flexibility index (Phi) is 5.54. The molecule has 3 aromatic rings. The number of benzene rings is 1. The van der Waals surface area contributed by atoms with E-state index >= 15 is 0 Å². The number of methoxy groups -OCH3 is 1. The van der Waals surface area contributed by atoms with Crippen molar-refractivity contribution < 1.29 is 9.53 Å². The highest BCUT2D eigenvalue weighted by atomic mass is 35.5. The van der Waals surface area contributed by atoms with Crippen LogP contribution in [-0.4, -0.2) is 56.3 Å². The maximum atomic E-state index is 12.4. The van der Waals surface area contributed by atoms with Crippen LogP contribution in [0.1, 0.15) is 10.4 Å². The number of carbonyl (C=O) groups is 1. The van der Waals surface area contributed by atoms with Crippen molar-refractivity contribution in [3.63, 3.8) is 0 Å². The molecule has 0 atom stereocenters. The van der Waals surface area contributed by atoms with E-state index in [-0.39, 0.29) is 5.91 Å². The van der Waals surface area contributed by atoms with Gasteiger partial charge < -0.3 is 15.4 Å². The van der Waals surface area contributed by atoms with Gasteiger partial charge in [-0.1, -0.05) is 11.6 Å². The smallest absolute Gasteiger partial charge is 0.255 e. The normalized spacial score (nSPS) is 10.4. The average molecular weight is 375 g/mol. The number of nitrogens with zero attached hydrogens (tertiary/aromatic N) is 6. The van der Waals surface area contributed by atoms with E-state index in [1.165, 1.54) is 24.2 Å². The summed E-state index contributed by atoms with van der Waals surface area (Å²) in [6.07, 6.45) is 6.17. The molecule has 0 aliphatic carbocycles. The van der Waals surface area contributed by atoms with Crippen molar-refractivity contribution in [2.75, 3.05) is 25.5 Å². The summed E-state index contributed by atoms with van der Waals surface area (Å²) in [6, 6.07) is 3.12. The maximum absolute atomic E-state index is 12.4. The lowest BCUT2D eigenvalue weighted by Crippen LogP contribution is -2.29. The zero-order valence-electron chi connectivity index (χ0n) is 13.8. The van der Waals surface area contributed by atoms with Crippen molar-refractivity contribution in [2.24, 2.45) is 0 Å². The Labute approximate surface area is 153 Å². The zero-order chi connectivity index (χ0) is 18.4. The van der Waals surface area contributed by atoms with Gasteiger partial charge in [-0.2, -0.15) is 4.68 Å². The maximum Gasteiger partial charge on any atom is 0.255 e. The molecule has 0 saturated carbocycles. The SMILES string of the molecule is COc1cc(-n2cnnn2)c(Cl)cc1C(=O)NCCNc1cnccn1. The van der Waals surface area contributed by atoms with Crippen molar-refractivity contribution in [3.8, 4) is 11.4 Å². The lowest BCUT2D eigenvalue weighted by molar-refractivity contribution is 0.0952. The first kappa shape index (κ1) is 17.5. The van der Waals surface area contributed by atoms with Crippen LogP contribution in [0.4, 0.5) is 5.82 Å². The molecule has 0 saturated heterocycles. The first-order chi connectivity index (χ1) is 12.7. The third-order valence-electron chi connectivity index (χ3n) is 3.39. The molecule has 1 aromatic carbocycles. The molecule has 10 nitrogen and oxygen atoms in total. The Bertz CT molecular complexity index is 873. The molecule has 0 aliphatic heterocycles. The highest BCUT2D eigenvalue weighted by molar-refractivity contribution is 6.33. The van der Waals surface area contributed by atoms with Gasteiger partial charge in [0.1, 0.15) is 17.9 Å². The van der Waals surface area contributed by atoms with Crippen molar-refractivity contribution >= 4 is 23.3 Å². The lowest BCUT2D eigenvalue weighted by Gasteiger charge is -2.12. The molecule has 0 unspecified atom stereocenters. The van der Waals surface area contributed by atoms with Gasteiger partial charge in [-0.05, 0) is 16.5 Å². The zero-order valence-corrected chi connectivity index (χ0v) is 14.5. The summed E-state index contributed by atoms with van der Waals surface area (Å²) < 4.78 is 6.69. The summed E-state index contributed by atoms with van der Waals surface area (Å²) in [7, 11) is 1.47. The molecule has 0 radical (unpaired) electrons. The van der Waals surface area contributed by atoms with Gasteiger partial charge in [0.2, 0.25) is 0 Å². The van der Waals surface area contributed by atoms with Gasteiger partial charge in [-0.25, -0.2) is 4.98 Å². The Morgan fingerprint density at radius 3 is 2.88 bits per heavy atom. The highest BCUT2D eigenvalue weighted by Gasteiger charge is 2.17. The molecule has 26 heavy (non-hydrogen) atoms. The molecule has 1 amide bonds. The predicted molar refractivity (Wildman–Crippen MR) is 93.6 cm³/mol. The molecule has 2 heterocycles. The van der Waals surface area contributed by atoms with Crippen LogP contribution in [-0.2, 0) is 0 Å². The minimum Gasteiger partial charge on any atom is -0.496 e. The first-order valence-corrected chi connectivity index (χ1v) is 7.96. The highest BCUT2D eigenvalue weighted by Crippen LogP contribution is 2.29. The van der Waals surface area contributed by atoms with Crippen molar-refractivity contribution in [1.29, 1.82) is 0 Å². The topological polar surface area (TPSA) is 120 Å². The molecular formula is C15H15ClN8O2. The first-order valence-electron chi connectivity index (χ1n) is 7.58. The van der Waals surface area contributed by atoms with Crippen LogP contribution in [0.25, 0.3) is 5.69 Å². The van der Waals surface area contributed by atoms with Gasteiger partial charge in [-0.15, -0.1) is 5.10 Å². The van der Waals surface area contributed by atoms with Crippen LogP contribution in [0.2, 0.25) is 5.02 Å². The fourth-order valence-corrected chi connectivity index (χ4v) is 2.44. The summed E-state index contributed by atoms with van der Waals surface area (Å²) >= 11 is 6.26. The van der Waals surface area contributed by atoms with Crippen LogP contribution in [0, 0.1) is 0 Å². The second-order valence-corrected chi connectivity index (χ2v) is 5.44. The minimum absolute atomic E-state index is 0.312. The van der Waals surface area contributed by atoms with E-state index in [0.717, 1.165) is 0 Å². The summed E-state index contributed by atoms with van der Waals surface area (Å²) in [5.74, 6) is 0.681. The van der Waals surface area contributed by atoms with E-state index < -0.39 is 0 Å². The fraction of sp³-hybridized carbons (Fsp3) is 0.200. The standard InChI is InChI=1S/C15H15ClN8O2/c1-26-13-7-12(24-9-21-22-23-24)11(16)6-10(13)15(25)20-5-4-19-14-8-17-2-3-18-14/h2-3,6-9H,4-5H2,1H3,(H,18,19)(H,20,25). The number of anilines is 1. The quantitative estimate of drug-likeness (QED) is 0.587. The third kappa shape index (κ3) is 4.03. The number of aromatic nitrogens is 6. The number of rotatable bonds is 7. The van der Waals surface area contributed by atoms with E-state index in [0.29, 0.717) is 40.9 Å². The molecule has 2 aromatic heterocycles. The van der Waals surface area contributed by atoms with Crippen LogP contribution >= 0.6 is 11.6 Å². The largest absolute Gasteiger partial charge is 0.496 e. The molecule has 0 bridgehead atoms.